The summed E-state index contributed by atoms with van der Waals surface area (Å²) < 4.78 is 39.2. The molecule has 1 aliphatic rings. The fourth-order valence-corrected chi connectivity index (χ4v) is 2.01. The summed E-state index contributed by atoms with van der Waals surface area (Å²) in [5.41, 5.74) is 0.425. The summed E-state index contributed by atoms with van der Waals surface area (Å²) in [4.78, 5) is 2.02. The van der Waals surface area contributed by atoms with Gasteiger partial charge < -0.3 is 5.32 Å². The van der Waals surface area contributed by atoms with E-state index in [1.165, 1.54) is 6.07 Å². The van der Waals surface area contributed by atoms with Crippen LogP contribution in [0.1, 0.15) is 11.1 Å². The van der Waals surface area contributed by atoms with Gasteiger partial charge in [0.05, 0.1) is 0 Å². The van der Waals surface area contributed by atoms with Crippen LogP contribution in [0.3, 0.4) is 0 Å². The minimum Gasteiger partial charge on any atom is -0.314 e. The van der Waals surface area contributed by atoms with Gasteiger partial charge in [-0.05, 0) is 17.7 Å². The maximum absolute atomic E-state index is 13.5. The molecule has 1 N–H and O–H groups in total. The molecule has 0 bridgehead atoms. The number of nitrogens with one attached hydrogen (secondary N) is 1. The van der Waals surface area contributed by atoms with Gasteiger partial charge in [0, 0.05) is 38.3 Å². The third-order valence-electron chi connectivity index (χ3n) is 2.92. The zero-order valence-corrected chi connectivity index (χ0v) is 9.48. The van der Waals surface area contributed by atoms with Gasteiger partial charge in [-0.15, -0.1) is 0 Å². The first-order valence-corrected chi connectivity index (χ1v) is 5.66. The Labute approximate surface area is 98.4 Å². The van der Waals surface area contributed by atoms with E-state index in [0.717, 1.165) is 32.2 Å². The predicted octanol–water partition coefficient (Wildman–Crippen LogP) is 1.84. The Balaban J connectivity index is 2.15. The molecule has 2 nitrogen and oxygen atoms in total. The molecule has 17 heavy (non-hydrogen) atoms. The molecule has 0 amide bonds. The van der Waals surface area contributed by atoms with Crippen molar-refractivity contribution < 1.29 is 13.2 Å². The van der Waals surface area contributed by atoms with Crippen LogP contribution in [0.25, 0.3) is 0 Å². The van der Waals surface area contributed by atoms with Gasteiger partial charge in [0.1, 0.15) is 6.67 Å². The second-order valence-electron chi connectivity index (χ2n) is 4.21. The minimum absolute atomic E-state index is 0.189. The summed E-state index contributed by atoms with van der Waals surface area (Å²) in [5.74, 6) is -1.83. The fraction of sp³-hybridized carbons (Fsp3) is 0.500. The van der Waals surface area contributed by atoms with Crippen LogP contribution in [0, 0.1) is 11.6 Å². The van der Waals surface area contributed by atoms with E-state index in [9.17, 15) is 13.2 Å². The van der Waals surface area contributed by atoms with E-state index >= 15 is 0 Å². The van der Waals surface area contributed by atoms with Gasteiger partial charge in [-0.25, -0.2) is 13.2 Å². The van der Waals surface area contributed by atoms with Crippen molar-refractivity contribution in [3.05, 3.63) is 34.9 Å². The van der Waals surface area contributed by atoms with Crippen LogP contribution in [0.15, 0.2) is 12.1 Å². The highest BCUT2D eigenvalue weighted by Gasteiger charge is 2.15. The average Bonchev–Trinajstić information content (AvgIpc) is 2.36. The van der Waals surface area contributed by atoms with E-state index in [1.54, 1.807) is 0 Å². The van der Waals surface area contributed by atoms with E-state index < -0.39 is 18.3 Å². The summed E-state index contributed by atoms with van der Waals surface area (Å²) in [7, 11) is 0. The molecule has 94 valence electrons. The standard InChI is InChI=1S/C12H15F3N2/c13-7-9-5-10(12(15)11(14)6-9)8-17-3-1-16-2-4-17/h5-6,16H,1-4,7-8H2. The van der Waals surface area contributed by atoms with Crippen molar-refractivity contribution in [2.24, 2.45) is 0 Å². The molecular formula is C12H15F3N2. The molecule has 0 aliphatic carbocycles. The van der Waals surface area contributed by atoms with Crippen LogP contribution in [-0.4, -0.2) is 31.1 Å². The first kappa shape index (κ1) is 12.4. The lowest BCUT2D eigenvalue weighted by atomic mass is 10.1. The Bertz CT molecular complexity index is 390. The molecular weight excluding hydrogens is 229 g/mol. The van der Waals surface area contributed by atoms with Crippen molar-refractivity contribution in [1.29, 1.82) is 0 Å². The number of benzene rings is 1. The van der Waals surface area contributed by atoms with E-state index in [0.29, 0.717) is 6.54 Å². The second kappa shape index (κ2) is 5.51. The van der Waals surface area contributed by atoms with Crippen molar-refractivity contribution >= 4 is 0 Å². The molecule has 0 aromatic heterocycles. The maximum atomic E-state index is 13.5. The highest BCUT2D eigenvalue weighted by molar-refractivity contribution is 5.26. The summed E-state index contributed by atoms with van der Waals surface area (Å²) >= 11 is 0. The molecule has 0 atom stereocenters. The molecule has 5 heteroatoms. The summed E-state index contributed by atoms with van der Waals surface area (Å²) in [6, 6.07) is 2.32. The Morgan fingerprint density at radius 1 is 1.18 bits per heavy atom. The molecule has 1 aromatic carbocycles. The molecule has 0 saturated carbocycles. The van der Waals surface area contributed by atoms with E-state index in [2.05, 4.69) is 5.32 Å². The molecule has 1 aliphatic heterocycles. The van der Waals surface area contributed by atoms with Gasteiger partial charge in [-0.3, -0.25) is 4.90 Å². The van der Waals surface area contributed by atoms with Crippen molar-refractivity contribution in [1.82, 2.24) is 10.2 Å². The summed E-state index contributed by atoms with van der Waals surface area (Å²) in [5, 5.41) is 3.18. The van der Waals surface area contributed by atoms with Gasteiger partial charge in [-0.1, -0.05) is 0 Å². The number of alkyl halides is 1. The topological polar surface area (TPSA) is 15.3 Å². The largest absolute Gasteiger partial charge is 0.314 e. The van der Waals surface area contributed by atoms with E-state index in [-0.39, 0.29) is 11.1 Å². The number of piperazine rings is 1. The SMILES string of the molecule is FCc1cc(F)c(F)c(CN2CCNCC2)c1. The third kappa shape index (κ3) is 2.98. The fourth-order valence-electron chi connectivity index (χ4n) is 2.01. The molecule has 1 saturated heterocycles. The molecule has 0 spiro atoms. The van der Waals surface area contributed by atoms with Crippen LogP contribution in [0.5, 0.6) is 0 Å². The van der Waals surface area contributed by atoms with Gasteiger partial charge in [0.25, 0.3) is 0 Å². The molecule has 1 heterocycles. The second-order valence-corrected chi connectivity index (χ2v) is 4.21. The van der Waals surface area contributed by atoms with Crippen LogP contribution in [0.2, 0.25) is 0 Å². The maximum Gasteiger partial charge on any atom is 0.163 e. The molecule has 1 fully saturated rings. The molecule has 2 rings (SSSR count). The van der Waals surface area contributed by atoms with E-state index in [1.807, 2.05) is 4.90 Å². The number of hydrogen-bond donors (Lipinski definition) is 1. The smallest absolute Gasteiger partial charge is 0.163 e. The van der Waals surface area contributed by atoms with Crippen molar-refractivity contribution in [2.75, 3.05) is 26.2 Å². The quantitative estimate of drug-likeness (QED) is 0.872. The van der Waals surface area contributed by atoms with Gasteiger partial charge in [0.15, 0.2) is 11.6 Å². The third-order valence-corrected chi connectivity index (χ3v) is 2.92. The highest BCUT2D eigenvalue weighted by atomic mass is 19.2. The van der Waals surface area contributed by atoms with Crippen molar-refractivity contribution in [2.45, 2.75) is 13.2 Å². The highest BCUT2D eigenvalue weighted by Crippen LogP contribution is 2.18. The van der Waals surface area contributed by atoms with Gasteiger partial charge in [-0.2, -0.15) is 0 Å². The number of rotatable bonds is 3. The Morgan fingerprint density at radius 3 is 2.53 bits per heavy atom. The van der Waals surface area contributed by atoms with Crippen LogP contribution in [-0.2, 0) is 13.2 Å². The Morgan fingerprint density at radius 2 is 1.88 bits per heavy atom. The predicted molar refractivity (Wildman–Crippen MR) is 59.3 cm³/mol. The lowest BCUT2D eigenvalue weighted by Crippen LogP contribution is -2.43. The van der Waals surface area contributed by atoms with Crippen LogP contribution < -0.4 is 5.32 Å². The zero-order chi connectivity index (χ0) is 12.3. The first-order valence-electron chi connectivity index (χ1n) is 5.66. The number of hydrogen-bond acceptors (Lipinski definition) is 2. The monoisotopic (exact) mass is 244 g/mol. The average molecular weight is 244 g/mol. The molecule has 0 radical (unpaired) electrons. The van der Waals surface area contributed by atoms with Crippen LogP contribution in [0.4, 0.5) is 13.2 Å². The van der Waals surface area contributed by atoms with E-state index in [4.69, 9.17) is 0 Å². The normalized spacial score (nSPS) is 17.4. The Hall–Kier alpha value is -1.07. The van der Waals surface area contributed by atoms with Gasteiger partial charge in [0.2, 0.25) is 0 Å². The first-order chi connectivity index (χ1) is 8.20. The van der Waals surface area contributed by atoms with Crippen molar-refractivity contribution in [3.63, 3.8) is 0 Å². The summed E-state index contributed by atoms with van der Waals surface area (Å²) in [6.07, 6.45) is 0. The molecule has 1 aromatic rings. The lowest BCUT2D eigenvalue weighted by molar-refractivity contribution is 0.229. The minimum atomic E-state index is -0.967. The molecule has 0 unspecified atom stereocenters. The number of halogens is 3. The van der Waals surface area contributed by atoms with Crippen LogP contribution >= 0.6 is 0 Å². The zero-order valence-electron chi connectivity index (χ0n) is 9.48. The van der Waals surface area contributed by atoms with Gasteiger partial charge >= 0.3 is 0 Å². The lowest BCUT2D eigenvalue weighted by Gasteiger charge is -2.27. The number of nitrogens with zero attached hydrogens (tertiary/aromatic N) is 1. The van der Waals surface area contributed by atoms with Crippen molar-refractivity contribution in [3.8, 4) is 0 Å². The summed E-state index contributed by atoms with van der Waals surface area (Å²) in [6.45, 7) is 2.83. The Kier molecular flexibility index (Phi) is 4.02.